The molecule has 1 amide bonds. The van der Waals surface area contributed by atoms with Gasteiger partial charge in [0.05, 0.1) is 0 Å². The first-order valence-corrected chi connectivity index (χ1v) is 6.00. The molecule has 2 atom stereocenters. The Morgan fingerprint density at radius 1 is 1.53 bits per heavy atom. The van der Waals surface area contributed by atoms with Crippen LogP contribution in [0, 0.1) is 12.8 Å². The second-order valence-electron chi connectivity index (χ2n) is 4.41. The summed E-state index contributed by atoms with van der Waals surface area (Å²) in [5.41, 5.74) is 6.50. The van der Waals surface area contributed by atoms with Gasteiger partial charge in [-0.25, -0.2) is 9.97 Å². The summed E-state index contributed by atoms with van der Waals surface area (Å²) in [7, 11) is 0. The highest BCUT2D eigenvalue weighted by molar-refractivity contribution is 6.29. The summed E-state index contributed by atoms with van der Waals surface area (Å²) in [6, 6.07) is 1.77. The summed E-state index contributed by atoms with van der Waals surface area (Å²) in [5, 5.41) is 3.01. The standard InChI is InChI=1S/C11H15ClN4O/c1-6-4-9(12)15-11(14-6)16-10(17)7-2-3-8(13)5-7/h4,7-8H,2-3,5,13H2,1H3,(H,14,15,16,17). The van der Waals surface area contributed by atoms with E-state index in [1.54, 1.807) is 13.0 Å². The Labute approximate surface area is 105 Å². The summed E-state index contributed by atoms with van der Waals surface area (Å²) >= 11 is 5.79. The molecule has 1 aliphatic carbocycles. The van der Waals surface area contributed by atoms with Crippen LogP contribution in [0.2, 0.25) is 5.15 Å². The van der Waals surface area contributed by atoms with Gasteiger partial charge in [0, 0.05) is 17.7 Å². The largest absolute Gasteiger partial charge is 0.328 e. The molecular formula is C11H15ClN4O. The summed E-state index contributed by atoms with van der Waals surface area (Å²) in [6.07, 6.45) is 2.45. The minimum atomic E-state index is -0.0698. The molecule has 5 nitrogen and oxygen atoms in total. The molecule has 1 fully saturated rings. The predicted octanol–water partition coefficient (Wildman–Crippen LogP) is 1.50. The molecule has 1 aromatic heterocycles. The number of anilines is 1. The lowest BCUT2D eigenvalue weighted by atomic mass is 10.1. The van der Waals surface area contributed by atoms with E-state index < -0.39 is 0 Å². The van der Waals surface area contributed by atoms with E-state index in [9.17, 15) is 4.79 Å². The molecule has 6 heteroatoms. The van der Waals surface area contributed by atoms with Crippen LogP contribution < -0.4 is 11.1 Å². The molecule has 2 rings (SSSR count). The average molecular weight is 255 g/mol. The maximum atomic E-state index is 11.9. The molecule has 1 aliphatic rings. The van der Waals surface area contributed by atoms with Gasteiger partial charge >= 0.3 is 0 Å². The normalized spacial score (nSPS) is 23.7. The molecule has 0 spiro atoms. The Balaban J connectivity index is 2.03. The van der Waals surface area contributed by atoms with Crippen molar-refractivity contribution >= 4 is 23.5 Å². The van der Waals surface area contributed by atoms with Gasteiger partial charge in [0.2, 0.25) is 11.9 Å². The fraction of sp³-hybridized carbons (Fsp3) is 0.545. The number of nitrogens with one attached hydrogen (secondary N) is 1. The third-order valence-electron chi connectivity index (χ3n) is 2.90. The Hall–Kier alpha value is -1.20. The Morgan fingerprint density at radius 3 is 2.88 bits per heavy atom. The second kappa shape index (κ2) is 4.98. The molecule has 3 N–H and O–H groups in total. The molecule has 0 bridgehead atoms. The van der Waals surface area contributed by atoms with Gasteiger partial charge < -0.3 is 5.73 Å². The summed E-state index contributed by atoms with van der Waals surface area (Å²) in [4.78, 5) is 20.0. The van der Waals surface area contributed by atoms with Crippen molar-refractivity contribution in [2.45, 2.75) is 32.2 Å². The maximum Gasteiger partial charge on any atom is 0.231 e. The lowest BCUT2D eigenvalue weighted by Gasteiger charge is -2.09. The third-order valence-corrected chi connectivity index (χ3v) is 3.10. The van der Waals surface area contributed by atoms with Crippen LogP contribution >= 0.6 is 11.6 Å². The van der Waals surface area contributed by atoms with Crippen molar-refractivity contribution in [2.75, 3.05) is 5.32 Å². The van der Waals surface area contributed by atoms with E-state index >= 15 is 0 Å². The van der Waals surface area contributed by atoms with Crippen LogP contribution in [0.3, 0.4) is 0 Å². The number of hydrogen-bond donors (Lipinski definition) is 2. The van der Waals surface area contributed by atoms with Crippen molar-refractivity contribution in [1.29, 1.82) is 0 Å². The molecule has 17 heavy (non-hydrogen) atoms. The Kier molecular flexibility index (Phi) is 3.59. The Bertz CT molecular complexity index is 417. The van der Waals surface area contributed by atoms with Crippen molar-refractivity contribution < 1.29 is 4.79 Å². The maximum absolute atomic E-state index is 11.9. The van der Waals surface area contributed by atoms with Crippen molar-refractivity contribution in [3.05, 3.63) is 16.9 Å². The topological polar surface area (TPSA) is 80.9 Å². The first-order valence-electron chi connectivity index (χ1n) is 5.62. The number of nitrogens with two attached hydrogens (primary N) is 1. The number of amides is 1. The monoisotopic (exact) mass is 254 g/mol. The van der Waals surface area contributed by atoms with Crippen LogP contribution in [-0.4, -0.2) is 21.9 Å². The van der Waals surface area contributed by atoms with E-state index in [2.05, 4.69) is 15.3 Å². The van der Waals surface area contributed by atoms with Crippen LogP contribution in [0.15, 0.2) is 6.07 Å². The van der Waals surface area contributed by atoms with Gasteiger partial charge in [-0.05, 0) is 32.3 Å². The number of rotatable bonds is 2. The predicted molar refractivity (Wildman–Crippen MR) is 65.7 cm³/mol. The molecule has 0 radical (unpaired) electrons. The summed E-state index contributed by atoms with van der Waals surface area (Å²) < 4.78 is 0. The third kappa shape index (κ3) is 3.14. The first-order chi connectivity index (χ1) is 8.04. The molecule has 2 unspecified atom stereocenters. The highest BCUT2D eigenvalue weighted by atomic mass is 35.5. The SMILES string of the molecule is Cc1cc(Cl)nc(NC(=O)C2CCC(N)C2)n1. The lowest BCUT2D eigenvalue weighted by molar-refractivity contribution is -0.119. The minimum Gasteiger partial charge on any atom is -0.328 e. The molecule has 0 saturated heterocycles. The summed E-state index contributed by atoms with van der Waals surface area (Å²) in [5.74, 6) is 0.160. The fourth-order valence-corrected chi connectivity index (χ4v) is 2.29. The highest BCUT2D eigenvalue weighted by Crippen LogP contribution is 2.25. The van der Waals surface area contributed by atoms with Gasteiger partial charge in [-0.1, -0.05) is 11.6 Å². The number of aryl methyl sites for hydroxylation is 1. The number of carbonyl (C=O) groups excluding carboxylic acids is 1. The van der Waals surface area contributed by atoms with Gasteiger partial charge in [0.1, 0.15) is 5.15 Å². The average Bonchev–Trinajstić information content (AvgIpc) is 2.63. The molecule has 1 heterocycles. The van der Waals surface area contributed by atoms with Crippen molar-refractivity contribution in [3.8, 4) is 0 Å². The molecule has 0 aliphatic heterocycles. The van der Waals surface area contributed by atoms with Crippen LogP contribution in [0.4, 0.5) is 5.95 Å². The Morgan fingerprint density at radius 2 is 2.29 bits per heavy atom. The first kappa shape index (κ1) is 12.3. The number of hydrogen-bond acceptors (Lipinski definition) is 4. The van der Waals surface area contributed by atoms with Gasteiger partial charge in [-0.3, -0.25) is 10.1 Å². The van der Waals surface area contributed by atoms with E-state index in [0.29, 0.717) is 5.15 Å². The van der Waals surface area contributed by atoms with Crippen LogP contribution in [-0.2, 0) is 4.79 Å². The quantitative estimate of drug-likeness (QED) is 0.784. The number of aromatic nitrogens is 2. The molecule has 1 saturated carbocycles. The van der Waals surface area contributed by atoms with Crippen molar-refractivity contribution in [2.24, 2.45) is 11.7 Å². The zero-order valence-electron chi connectivity index (χ0n) is 9.61. The minimum absolute atomic E-state index is 0.0344. The second-order valence-corrected chi connectivity index (χ2v) is 4.80. The van der Waals surface area contributed by atoms with Crippen molar-refractivity contribution in [1.82, 2.24) is 9.97 Å². The summed E-state index contributed by atoms with van der Waals surface area (Å²) in [6.45, 7) is 1.80. The number of nitrogens with zero attached hydrogens (tertiary/aromatic N) is 2. The van der Waals surface area contributed by atoms with E-state index in [1.165, 1.54) is 0 Å². The zero-order chi connectivity index (χ0) is 12.4. The smallest absolute Gasteiger partial charge is 0.231 e. The van der Waals surface area contributed by atoms with E-state index in [1.807, 2.05) is 0 Å². The van der Waals surface area contributed by atoms with Crippen molar-refractivity contribution in [3.63, 3.8) is 0 Å². The molecule has 0 aromatic carbocycles. The van der Waals surface area contributed by atoms with Gasteiger partial charge in [0.25, 0.3) is 0 Å². The van der Waals surface area contributed by atoms with E-state index in [4.69, 9.17) is 17.3 Å². The van der Waals surface area contributed by atoms with Crippen LogP contribution in [0.1, 0.15) is 25.0 Å². The van der Waals surface area contributed by atoms with Gasteiger partial charge in [0.15, 0.2) is 0 Å². The molecule has 92 valence electrons. The number of carbonyl (C=O) groups is 1. The van der Waals surface area contributed by atoms with Gasteiger partial charge in [-0.15, -0.1) is 0 Å². The number of halogens is 1. The van der Waals surface area contributed by atoms with Crippen LogP contribution in [0.5, 0.6) is 0 Å². The molecule has 1 aromatic rings. The highest BCUT2D eigenvalue weighted by Gasteiger charge is 2.28. The van der Waals surface area contributed by atoms with Crippen LogP contribution in [0.25, 0.3) is 0 Å². The van der Waals surface area contributed by atoms with E-state index in [-0.39, 0.29) is 23.8 Å². The van der Waals surface area contributed by atoms with E-state index in [0.717, 1.165) is 25.0 Å². The van der Waals surface area contributed by atoms with Gasteiger partial charge in [-0.2, -0.15) is 0 Å². The lowest BCUT2D eigenvalue weighted by Crippen LogP contribution is -2.24. The zero-order valence-corrected chi connectivity index (χ0v) is 10.4. The fourth-order valence-electron chi connectivity index (χ4n) is 2.05. The molecular weight excluding hydrogens is 240 g/mol.